The van der Waals surface area contributed by atoms with Crippen LogP contribution < -0.4 is 9.73 Å². The number of thioether (sulfide) groups is 1. The van der Waals surface area contributed by atoms with Crippen molar-refractivity contribution in [3.05, 3.63) is 59.2 Å². The second-order valence-electron chi connectivity index (χ2n) is 6.73. The highest BCUT2D eigenvalue weighted by Gasteiger charge is 2.28. The molecule has 0 aromatic heterocycles. The maximum absolute atomic E-state index is 12.2. The Labute approximate surface area is 169 Å². The Kier molecular flexibility index (Phi) is 5.16. The molecule has 2 aromatic carbocycles. The molecule has 0 atom stereocenters. The number of nitrogens with one attached hydrogen (secondary N) is 1. The lowest BCUT2D eigenvalue weighted by molar-refractivity contribution is 0.593. The summed E-state index contributed by atoms with van der Waals surface area (Å²) in [7, 11) is -3.22. The number of hydrazone groups is 1. The summed E-state index contributed by atoms with van der Waals surface area (Å²) in [6.07, 6.45) is 0.732. The Morgan fingerprint density at radius 1 is 1.25 bits per heavy atom. The SMILES string of the molecule is CCS(=O)(=O)N1CCc2cc(C3=NNC(=Nc4ccccc4C)SC3)ccc21. The fourth-order valence-electron chi connectivity index (χ4n) is 3.32. The highest BCUT2D eigenvalue weighted by atomic mass is 32.2. The number of amidine groups is 1. The van der Waals surface area contributed by atoms with Crippen molar-refractivity contribution in [2.24, 2.45) is 10.1 Å². The third-order valence-corrected chi connectivity index (χ3v) is 7.59. The van der Waals surface area contributed by atoms with Crippen molar-refractivity contribution < 1.29 is 8.42 Å². The number of hydrogen-bond donors (Lipinski definition) is 1. The van der Waals surface area contributed by atoms with E-state index in [1.54, 1.807) is 18.7 Å². The topological polar surface area (TPSA) is 74.1 Å². The first kappa shape index (κ1) is 19.0. The van der Waals surface area contributed by atoms with E-state index in [9.17, 15) is 8.42 Å². The van der Waals surface area contributed by atoms with Gasteiger partial charge >= 0.3 is 0 Å². The fraction of sp³-hybridized carbons (Fsp3) is 0.300. The number of sulfonamides is 1. The van der Waals surface area contributed by atoms with Gasteiger partial charge in [0.05, 0.1) is 22.8 Å². The third kappa shape index (κ3) is 3.66. The summed E-state index contributed by atoms with van der Waals surface area (Å²) in [6, 6.07) is 13.9. The van der Waals surface area contributed by atoms with Crippen LogP contribution in [0.3, 0.4) is 0 Å². The van der Waals surface area contributed by atoms with E-state index in [0.29, 0.717) is 12.3 Å². The van der Waals surface area contributed by atoms with E-state index in [-0.39, 0.29) is 5.75 Å². The normalized spacial score (nSPS) is 18.0. The number of anilines is 1. The standard InChI is InChI=1S/C20H22N4O2S2/c1-3-28(25,26)24-11-10-16-12-15(8-9-19(16)24)18-13-27-20(23-22-18)21-17-7-5-4-6-14(17)2/h4-9,12H,3,10-11,13H2,1-2H3,(H,21,23). The number of aryl methyl sites for hydroxylation is 1. The van der Waals surface area contributed by atoms with E-state index in [0.717, 1.165) is 45.4 Å². The van der Waals surface area contributed by atoms with E-state index in [1.165, 1.54) is 4.31 Å². The Balaban J connectivity index is 1.54. The van der Waals surface area contributed by atoms with E-state index in [4.69, 9.17) is 0 Å². The fourth-order valence-corrected chi connectivity index (χ4v) is 5.25. The molecule has 0 amide bonds. The summed E-state index contributed by atoms with van der Waals surface area (Å²) in [5.41, 5.74) is 8.92. The summed E-state index contributed by atoms with van der Waals surface area (Å²) in [4.78, 5) is 4.64. The molecule has 2 aromatic rings. The second kappa shape index (κ2) is 7.60. The highest BCUT2D eigenvalue weighted by molar-refractivity contribution is 8.14. The van der Waals surface area contributed by atoms with Gasteiger partial charge in [-0.3, -0.25) is 9.73 Å². The van der Waals surface area contributed by atoms with Crippen molar-refractivity contribution in [3.8, 4) is 0 Å². The molecule has 0 saturated heterocycles. The van der Waals surface area contributed by atoms with Gasteiger partial charge in [-0.1, -0.05) is 36.0 Å². The summed E-state index contributed by atoms with van der Waals surface area (Å²) >= 11 is 1.61. The molecule has 2 heterocycles. The van der Waals surface area contributed by atoms with E-state index in [1.807, 2.05) is 43.3 Å². The molecule has 1 N–H and O–H groups in total. The van der Waals surface area contributed by atoms with Crippen LogP contribution in [-0.4, -0.2) is 37.3 Å². The number of fused-ring (bicyclic) bond motifs is 1. The van der Waals surface area contributed by atoms with Crippen LogP contribution in [0.15, 0.2) is 52.6 Å². The number of para-hydroxylation sites is 1. The lowest BCUT2D eigenvalue weighted by atomic mass is 10.1. The van der Waals surface area contributed by atoms with Gasteiger partial charge in [0, 0.05) is 12.3 Å². The van der Waals surface area contributed by atoms with Crippen LogP contribution >= 0.6 is 11.8 Å². The van der Waals surface area contributed by atoms with Gasteiger partial charge in [0.1, 0.15) is 0 Å². The van der Waals surface area contributed by atoms with Crippen LogP contribution in [0.2, 0.25) is 0 Å². The summed E-state index contributed by atoms with van der Waals surface area (Å²) in [6.45, 7) is 4.23. The lowest BCUT2D eigenvalue weighted by Crippen LogP contribution is -2.30. The van der Waals surface area contributed by atoms with Crippen molar-refractivity contribution >= 4 is 44.0 Å². The first-order valence-corrected chi connectivity index (χ1v) is 11.8. The average Bonchev–Trinajstić information content (AvgIpc) is 3.14. The van der Waals surface area contributed by atoms with Gasteiger partial charge in [0.15, 0.2) is 5.17 Å². The smallest absolute Gasteiger partial charge is 0.234 e. The van der Waals surface area contributed by atoms with Crippen LogP contribution in [0.4, 0.5) is 11.4 Å². The van der Waals surface area contributed by atoms with E-state index < -0.39 is 10.0 Å². The number of hydrogen-bond acceptors (Lipinski definition) is 5. The molecule has 28 heavy (non-hydrogen) atoms. The van der Waals surface area contributed by atoms with Gasteiger partial charge in [0.2, 0.25) is 10.0 Å². The van der Waals surface area contributed by atoms with Crippen LogP contribution in [0.5, 0.6) is 0 Å². The molecule has 0 aliphatic carbocycles. The van der Waals surface area contributed by atoms with Gasteiger partial charge in [-0.05, 0) is 55.2 Å². The Morgan fingerprint density at radius 2 is 2.07 bits per heavy atom. The maximum atomic E-state index is 12.2. The van der Waals surface area contributed by atoms with Gasteiger partial charge in [-0.2, -0.15) is 5.10 Å². The van der Waals surface area contributed by atoms with Crippen molar-refractivity contribution in [3.63, 3.8) is 0 Å². The number of rotatable bonds is 4. The first-order chi connectivity index (χ1) is 13.5. The number of benzene rings is 2. The molecule has 0 spiro atoms. The van der Waals surface area contributed by atoms with Crippen molar-refractivity contribution in [1.29, 1.82) is 0 Å². The number of nitrogens with zero attached hydrogens (tertiary/aromatic N) is 3. The third-order valence-electron chi connectivity index (χ3n) is 4.94. The zero-order valence-electron chi connectivity index (χ0n) is 15.8. The maximum Gasteiger partial charge on any atom is 0.234 e. The molecule has 8 heteroatoms. The Bertz CT molecular complexity index is 1080. The minimum atomic E-state index is -3.22. The van der Waals surface area contributed by atoms with Gasteiger partial charge < -0.3 is 0 Å². The minimum Gasteiger partial charge on any atom is -0.270 e. The molecular weight excluding hydrogens is 392 g/mol. The average molecular weight is 415 g/mol. The Hall–Kier alpha value is -2.32. The summed E-state index contributed by atoms with van der Waals surface area (Å²) < 4.78 is 26.0. The van der Waals surface area contributed by atoms with Crippen LogP contribution in [0.25, 0.3) is 0 Å². The van der Waals surface area contributed by atoms with Gasteiger partial charge in [-0.15, -0.1) is 0 Å². The van der Waals surface area contributed by atoms with Crippen LogP contribution in [0, 0.1) is 6.92 Å². The lowest BCUT2D eigenvalue weighted by Gasteiger charge is -2.19. The summed E-state index contributed by atoms with van der Waals surface area (Å²) in [5, 5.41) is 5.28. The molecule has 4 rings (SSSR count). The molecule has 0 fully saturated rings. The van der Waals surface area contributed by atoms with Crippen molar-refractivity contribution in [2.45, 2.75) is 20.3 Å². The monoisotopic (exact) mass is 414 g/mol. The van der Waals surface area contributed by atoms with Crippen molar-refractivity contribution in [1.82, 2.24) is 5.43 Å². The van der Waals surface area contributed by atoms with Gasteiger partial charge in [0.25, 0.3) is 0 Å². The quantitative estimate of drug-likeness (QED) is 0.832. The first-order valence-electron chi connectivity index (χ1n) is 9.21. The molecule has 146 valence electrons. The van der Waals surface area contributed by atoms with Crippen LogP contribution in [0.1, 0.15) is 23.6 Å². The Morgan fingerprint density at radius 3 is 2.79 bits per heavy atom. The van der Waals surface area contributed by atoms with Crippen molar-refractivity contribution in [2.75, 3.05) is 22.4 Å². The van der Waals surface area contributed by atoms with Crippen LogP contribution in [-0.2, 0) is 16.4 Å². The zero-order chi connectivity index (χ0) is 19.7. The predicted molar refractivity (Wildman–Crippen MR) is 117 cm³/mol. The van der Waals surface area contributed by atoms with E-state index in [2.05, 4.69) is 21.6 Å². The highest BCUT2D eigenvalue weighted by Crippen LogP contribution is 2.32. The molecule has 0 saturated carbocycles. The zero-order valence-corrected chi connectivity index (χ0v) is 17.5. The molecule has 0 bridgehead atoms. The second-order valence-corrected chi connectivity index (χ2v) is 9.87. The molecule has 0 radical (unpaired) electrons. The summed E-state index contributed by atoms with van der Waals surface area (Å²) in [5.74, 6) is 0.831. The van der Waals surface area contributed by atoms with Gasteiger partial charge in [-0.25, -0.2) is 13.4 Å². The molecule has 2 aliphatic heterocycles. The largest absolute Gasteiger partial charge is 0.270 e. The van der Waals surface area contributed by atoms with E-state index >= 15 is 0 Å². The minimum absolute atomic E-state index is 0.116. The number of aliphatic imine (C=N–C) groups is 1. The predicted octanol–water partition coefficient (Wildman–Crippen LogP) is 3.44. The molecular formula is C20H22N4O2S2. The molecule has 6 nitrogen and oxygen atoms in total. The molecule has 0 unspecified atom stereocenters. The molecule has 2 aliphatic rings.